The predicted octanol–water partition coefficient (Wildman–Crippen LogP) is 5.63. The first kappa shape index (κ1) is 22.4. The highest BCUT2D eigenvalue weighted by molar-refractivity contribution is 5.60. The van der Waals surface area contributed by atoms with Gasteiger partial charge in [0.15, 0.2) is 0 Å². The van der Waals surface area contributed by atoms with E-state index < -0.39 is 6.16 Å². The zero-order chi connectivity index (χ0) is 21.3. The van der Waals surface area contributed by atoms with Crippen molar-refractivity contribution in [2.45, 2.75) is 70.9 Å². The number of hydrogen-bond donors (Lipinski definition) is 1. The first-order valence-electron chi connectivity index (χ1n) is 11.4. The molecule has 1 heterocycles. The third-order valence-electron chi connectivity index (χ3n) is 5.81. The normalized spacial score (nSPS) is 18.5. The maximum Gasteiger partial charge on any atom is 0.508 e. The second-order valence-electron chi connectivity index (χ2n) is 8.13. The smallest absolute Gasteiger partial charge is 0.435 e. The second-order valence-corrected chi connectivity index (χ2v) is 8.13. The fraction of sp³-hybridized carbons (Fsp3) is 0.500. The van der Waals surface area contributed by atoms with Crippen LogP contribution < -0.4 is 5.32 Å². The minimum Gasteiger partial charge on any atom is -0.435 e. The molecule has 30 heavy (non-hydrogen) atoms. The molecule has 0 radical (unpaired) electrons. The number of aryl methyl sites for hydroxylation is 2. The van der Waals surface area contributed by atoms with Gasteiger partial charge in [-0.25, -0.2) is 4.79 Å². The minimum atomic E-state index is -0.575. The van der Waals surface area contributed by atoms with E-state index in [1.165, 1.54) is 22.3 Å². The molecule has 4 heteroatoms. The maximum atomic E-state index is 11.7. The number of carbonyl (C=O) groups excluding carboxylic acids is 1. The van der Waals surface area contributed by atoms with Crippen LogP contribution in [0.25, 0.3) is 0 Å². The van der Waals surface area contributed by atoms with Crippen molar-refractivity contribution in [1.82, 2.24) is 5.32 Å². The molecule has 1 aliphatic rings. The molecule has 0 amide bonds. The van der Waals surface area contributed by atoms with Crippen LogP contribution in [0.3, 0.4) is 0 Å². The molecule has 1 saturated heterocycles. The van der Waals surface area contributed by atoms with Crippen LogP contribution in [-0.2, 0) is 22.3 Å². The van der Waals surface area contributed by atoms with Crippen molar-refractivity contribution < 1.29 is 14.3 Å². The van der Waals surface area contributed by atoms with E-state index >= 15 is 0 Å². The number of ether oxygens (including phenoxy) is 2. The van der Waals surface area contributed by atoms with E-state index in [9.17, 15) is 4.79 Å². The van der Waals surface area contributed by atoms with Crippen LogP contribution in [0.2, 0.25) is 0 Å². The summed E-state index contributed by atoms with van der Waals surface area (Å²) in [5, 5.41) is 3.60. The SMILES string of the molecule is CCCc1ccc(C(c2ccc(CCC)cc2)C2CC(OC(=O)OCC)CN2)cc1. The van der Waals surface area contributed by atoms with Crippen molar-refractivity contribution in [2.75, 3.05) is 13.2 Å². The Morgan fingerprint density at radius 3 is 1.93 bits per heavy atom. The summed E-state index contributed by atoms with van der Waals surface area (Å²) >= 11 is 0. The number of carbonyl (C=O) groups is 1. The molecule has 2 aromatic carbocycles. The average Bonchev–Trinajstić information content (AvgIpc) is 3.19. The molecule has 1 N–H and O–H groups in total. The summed E-state index contributed by atoms with van der Waals surface area (Å²) in [6.45, 7) is 7.19. The molecule has 2 atom stereocenters. The van der Waals surface area contributed by atoms with Gasteiger partial charge in [-0.2, -0.15) is 0 Å². The molecule has 1 aliphatic heterocycles. The molecule has 0 spiro atoms. The Bertz CT molecular complexity index is 735. The molecule has 162 valence electrons. The monoisotopic (exact) mass is 409 g/mol. The molecule has 0 saturated carbocycles. The van der Waals surface area contributed by atoms with Crippen molar-refractivity contribution >= 4 is 6.16 Å². The Morgan fingerprint density at radius 2 is 1.47 bits per heavy atom. The van der Waals surface area contributed by atoms with Gasteiger partial charge in [0, 0.05) is 24.9 Å². The van der Waals surface area contributed by atoms with Crippen LogP contribution in [0.15, 0.2) is 48.5 Å². The van der Waals surface area contributed by atoms with Gasteiger partial charge in [0.2, 0.25) is 0 Å². The Morgan fingerprint density at radius 1 is 0.933 bits per heavy atom. The lowest BCUT2D eigenvalue weighted by Gasteiger charge is -2.25. The molecule has 2 aromatic rings. The highest BCUT2D eigenvalue weighted by atomic mass is 16.7. The van der Waals surface area contributed by atoms with E-state index in [4.69, 9.17) is 9.47 Å². The lowest BCUT2D eigenvalue weighted by Crippen LogP contribution is -2.29. The number of nitrogens with one attached hydrogen (secondary N) is 1. The third-order valence-corrected chi connectivity index (χ3v) is 5.81. The average molecular weight is 410 g/mol. The summed E-state index contributed by atoms with van der Waals surface area (Å²) < 4.78 is 10.4. The Balaban J connectivity index is 1.81. The largest absolute Gasteiger partial charge is 0.508 e. The first-order valence-corrected chi connectivity index (χ1v) is 11.4. The van der Waals surface area contributed by atoms with Crippen LogP contribution in [0.1, 0.15) is 68.2 Å². The van der Waals surface area contributed by atoms with Gasteiger partial charge in [-0.05, 0) is 42.0 Å². The lowest BCUT2D eigenvalue weighted by atomic mass is 9.83. The number of hydrogen-bond acceptors (Lipinski definition) is 4. The molecule has 2 unspecified atom stereocenters. The molecular formula is C26H35NO3. The molecule has 0 bridgehead atoms. The van der Waals surface area contributed by atoms with Gasteiger partial charge in [0.25, 0.3) is 0 Å². The van der Waals surface area contributed by atoms with Crippen molar-refractivity contribution in [3.8, 4) is 0 Å². The molecular weight excluding hydrogens is 374 g/mol. The van der Waals surface area contributed by atoms with E-state index in [1.807, 2.05) is 0 Å². The molecule has 0 aromatic heterocycles. The summed E-state index contributed by atoms with van der Waals surface area (Å²) in [6, 6.07) is 18.2. The predicted molar refractivity (Wildman–Crippen MR) is 121 cm³/mol. The first-order chi connectivity index (χ1) is 14.6. The van der Waals surface area contributed by atoms with Crippen LogP contribution in [-0.4, -0.2) is 31.5 Å². The summed E-state index contributed by atoms with van der Waals surface area (Å²) in [5.41, 5.74) is 5.35. The van der Waals surface area contributed by atoms with E-state index in [2.05, 4.69) is 67.7 Å². The van der Waals surface area contributed by atoms with E-state index in [0.29, 0.717) is 13.2 Å². The van der Waals surface area contributed by atoms with Crippen molar-refractivity contribution in [2.24, 2.45) is 0 Å². The summed E-state index contributed by atoms with van der Waals surface area (Å²) in [4.78, 5) is 11.7. The van der Waals surface area contributed by atoms with Gasteiger partial charge >= 0.3 is 6.16 Å². The molecule has 1 fully saturated rings. The van der Waals surface area contributed by atoms with E-state index in [0.717, 1.165) is 32.1 Å². The van der Waals surface area contributed by atoms with Crippen LogP contribution in [0.5, 0.6) is 0 Å². The minimum absolute atomic E-state index is 0.157. The molecule has 3 rings (SSSR count). The third kappa shape index (κ3) is 5.85. The van der Waals surface area contributed by atoms with E-state index in [1.54, 1.807) is 6.92 Å². The fourth-order valence-electron chi connectivity index (χ4n) is 4.38. The van der Waals surface area contributed by atoms with Gasteiger partial charge in [-0.3, -0.25) is 0 Å². The van der Waals surface area contributed by atoms with Crippen molar-refractivity contribution in [3.05, 3.63) is 70.8 Å². The maximum absolute atomic E-state index is 11.7. The van der Waals surface area contributed by atoms with Crippen molar-refractivity contribution in [3.63, 3.8) is 0 Å². The zero-order valence-electron chi connectivity index (χ0n) is 18.5. The lowest BCUT2D eigenvalue weighted by molar-refractivity contribution is 0.0318. The van der Waals surface area contributed by atoms with Gasteiger partial charge in [-0.1, -0.05) is 75.2 Å². The van der Waals surface area contributed by atoms with Crippen LogP contribution in [0.4, 0.5) is 4.79 Å². The Labute approximate surface area is 181 Å². The van der Waals surface area contributed by atoms with Crippen LogP contribution in [0, 0.1) is 0 Å². The summed E-state index contributed by atoms with van der Waals surface area (Å²) in [6.07, 6.45) is 4.56. The van der Waals surface area contributed by atoms with Crippen LogP contribution >= 0.6 is 0 Å². The second kappa shape index (κ2) is 11.2. The Hall–Kier alpha value is -2.33. The summed E-state index contributed by atoms with van der Waals surface area (Å²) in [5.74, 6) is 0.215. The molecule has 4 nitrogen and oxygen atoms in total. The quantitative estimate of drug-likeness (QED) is 0.546. The summed E-state index contributed by atoms with van der Waals surface area (Å²) in [7, 11) is 0. The van der Waals surface area contributed by atoms with Crippen molar-refractivity contribution in [1.29, 1.82) is 0 Å². The highest BCUT2D eigenvalue weighted by Gasteiger charge is 2.34. The number of rotatable bonds is 9. The standard InChI is InChI=1S/C26H35NO3/c1-4-7-19-9-13-21(14-10-19)25(22-15-11-20(8-5-2)12-16-22)24-17-23(18-27-24)30-26(28)29-6-3/h9-16,23-25,27H,4-8,17-18H2,1-3H3. The number of benzene rings is 2. The van der Waals surface area contributed by atoms with Gasteiger partial charge in [-0.15, -0.1) is 0 Å². The van der Waals surface area contributed by atoms with Gasteiger partial charge in [0.1, 0.15) is 6.10 Å². The van der Waals surface area contributed by atoms with Gasteiger partial charge < -0.3 is 14.8 Å². The zero-order valence-corrected chi connectivity index (χ0v) is 18.5. The van der Waals surface area contributed by atoms with Gasteiger partial charge in [0.05, 0.1) is 6.61 Å². The highest BCUT2D eigenvalue weighted by Crippen LogP contribution is 2.33. The Kier molecular flexibility index (Phi) is 8.32. The topological polar surface area (TPSA) is 47.6 Å². The van der Waals surface area contributed by atoms with E-state index in [-0.39, 0.29) is 18.1 Å². The molecule has 0 aliphatic carbocycles. The fourth-order valence-corrected chi connectivity index (χ4v) is 4.38.